The molecule has 0 aliphatic carbocycles. The zero-order valence-corrected chi connectivity index (χ0v) is 11.2. The molecule has 5 nitrogen and oxygen atoms in total. The van der Waals surface area contributed by atoms with Crippen LogP contribution in [0, 0.1) is 5.82 Å². The van der Waals surface area contributed by atoms with Crippen molar-refractivity contribution in [1.82, 2.24) is 9.78 Å². The van der Waals surface area contributed by atoms with Gasteiger partial charge in [0, 0.05) is 12.7 Å². The Morgan fingerprint density at radius 1 is 1.45 bits per heavy atom. The van der Waals surface area contributed by atoms with Gasteiger partial charge in [0.25, 0.3) is 0 Å². The fraction of sp³-hybridized carbons (Fsp3) is 0.286. The van der Waals surface area contributed by atoms with Gasteiger partial charge in [0.2, 0.25) is 5.91 Å². The number of nitrogens with two attached hydrogens (primary N) is 1. The number of benzene rings is 1. The summed E-state index contributed by atoms with van der Waals surface area (Å²) in [5.41, 5.74) is 6.71. The van der Waals surface area contributed by atoms with Crippen LogP contribution in [-0.4, -0.2) is 15.7 Å². The topological polar surface area (TPSA) is 72.9 Å². The Labute approximate surface area is 116 Å². The van der Waals surface area contributed by atoms with E-state index in [2.05, 4.69) is 17.3 Å². The van der Waals surface area contributed by atoms with Gasteiger partial charge < -0.3 is 11.1 Å². The van der Waals surface area contributed by atoms with Crippen LogP contribution in [0.5, 0.6) is 0 Å². The SMILES string of the molecule is CCCn1cc(N[C@@H](C(N)=O)c2ccc(F)cc2)cn1. The normalized spacial score (nSPS) is 12.1. The summed E-state index contributed by atoms with van der Waals surface area (Å²) < 4.78 is 14.7. The van der Waals surface area contributed by atoms with Crippen molar-refractivity contribution in [2.75, 3.05) is 5.32 Å². The van der Waals surface area contributed by atoms with Gasteiger partial charge in [0.15, 0.2) is 0 Å². The number of primary amides is 1. The third-order valence-electron chi connectivity index (χ3n) is 2.88. The predicted octanol–water partition coefficient (Wildman–Crippen LogP) is 2.07. The van der Waals surface area contributed by atoms with Gasteiger partial charge in [-0.25, -0.2) is 4.39 Å². The highest BCUT2D eigenvalue weighted by Crippen LogP contribution is 2.19. The zero-order chi connectivity index (χ0) is 14.5. The number of rotatable bonds is 6. The summed E-state index contributed by atoms with van der Waals surface area (Å²) in [6.45, 7) is 2.86. The molecule has 0 spiro atoms. The highest BCUT2D eigenvalue weighted by molar-refractivity contribution is 5.84. The molecule has 1 atom stereocenters. The number of aryl methyl sites for hydroxylation is 1. The van der Waals surface area contributed by atoms with E-state index >= 15 is 0 Å². The summed E-state index contributed by atoms with van der Waals surface area (Å²) in [5, 5.41) is 7.18. The lowest BCUT2D eigenvalue weighted by Gasteiger charge is -2.15. The number of hydrogen-bond acceptors (Lipinski definition) is 3. The van der Waals surface area contributed by atoms with Crippen molar-refractivity contribution >= 4 is 11.6 Å². The fourth-order valence-electron chi connectivity index (χ4n) is 1.93. The van der Waals surface area contributed by atoms with Crippen molar-refractivity contribution in [2.24, 2.45) is 5.73 Å². The van der Waals surface area contributed by atoms with Gasteiger partial charge in [-0.15, -0.1) is 0 Å². The molecule has 0 saturated heterocycles. The molecule has 0 saturated carbocycles. The molecule has 20 heavy (non-hydrogen) atoms. The Balaban J connectivity index is 2.16. The number of nitrogens with zero attached hydrogens (tertiary/aromatic N) is 2. The van der Waals surface area contributed by atoms with Crippen LogP contribution < -0.4 is 11.1 Å². The minimum atomic E-state index is -0.713. The van der Waals surface area contributed by atoms with Crippen molar-refractivity contribution in [3.05, 3.63) is 48.0 Å². The highest BCUT2D eigenvalue weighted by atomic mass is 19.1. The Hall–Kier alpha value is -2.37. The number of nitrogens with one attached hydrogen (secondary N) is 1. The average Bonchev–Trinajstić information content (AvgIpc) is 2.85. The van der Waals surface area contributed by atoms with E-state index in [-0.39, 0.29) is 5.82 Å². The molecule has 106 valence electrons. The molecule has 0 fully saturated rings. The van der Waals surface area contributed by atoms with E-state index in [1.165, 1.54) is 24.3 Å². The van der Waals surface area contributed by atoms with Crippen LogP contribution >= 0.6 is 0 Å². The Morgan fingerprint density at radius 3 is 2.75 bits per heavy atom. The van der Waals surface area contributed by atoms with Crippen LogP contribution in [0.4, 0.5) is 10.1 Å². The van der Waals surface area contributed by atoms with Gasteiger partial charge in [0.05, 0.1) is 11.9 Å². The van der Waals surface area contributed by atoms with Gasteiger partial charge in [0.1, 0.15) is 11.9 Å². The van der Waals surface area contributed by atoms with E-state index in [9.17, 15) is 9.18 Å². The molecule has 0 bridgehead atoms. The van der Waals surface area contributed by atoms with Gasteiger partial charge >= 0.3 is 0 Å². The van der Waals surface area contributed by atoms with Crippen molar-refractivity contribution in [3.63, 3.8) is 0 Å². The first-order valence-electron chi connectivity index (χ1n) is 6.44. The number of amides is 1. The maximum atomic E-state index is 12.9. The summed E-state index contributed by atoms with van der Waals surface area (Å²) in [5.74, 6) is -0.882. The molecule has 1 heterocycles. The van der Waals surface area contributed by atoms with Crippen molar-refractivity contribution in [1.29, 1.82) is 0 Å². The van der Waals surface area contributed by atoms with Crippen LogP contribution in [0.3, 0.4) is 0 Å². The second-order valence-electron chi connectivity index (χ2n) is 4.52. The summed E-state index contributed by atoms with van der Waals surface area (Å²) >= 11 is 0. The minimum Gasteiger partial charge on any atom is -0.368 e. The van der Waals surface area contributed by atoms with E-state index in [1.807, 2.05) is 6.20 Å². The first-order valence-corrected chi connectivity index (χ1v) is 6.44. The first-order chi connectivity index (χ1) is 9.60. The van der Waals surface area contributed by atoms with Crippen molar-refractivity contribution in [2.45, 2.75) is 25.9 Å². The molecule has 0 radical (unpaired) electrons. The first kappa shape index (κ1) is 14.0. The fourth-order valence-corrected chi connectivity index (χ4v) is 1.93. The monoisotopic (exact) mass is 276 g/mol. The van der Waals surface area contributed by atoms with Gasteiger partial charge in [-0.1, -0.05) is 19.1 Å². The number of carbonyl (C=O) groups is 1. The van der Waals surface area contributed by atoms with Crippen LogP contribution in [-0.2, 0) is 11.3 Å². The molecular formula is C14H17FN4O. The lowest BCUT2D eigenvalue weighted by atomic mass is 10.1. The highest BCUT2D eigenvalue weighted by Gasteiger charge is 2.18. The van der Waals surface area contributed by atoms with Crippen LogP contribution in [0.1, 0.15) is 24.9 Å². The third-order valence-corrected chi connectivity index (χ3v) is 2.88. The number of halogens is 1. The average molecular weight is 276 g/mol. The molecule has 1 aromatic heterocycles. The second kappa shape index (κ2) is 6.18. The lowest BCUT2D eigenvalue weighted by Crippen LogP contribution is -2.27. The molecule has 2 rings (SSSR count). The molecule has 2 aromatic rings. The van der Waals surface area contributed by atoms with Crippen LogP contribution in [0.2, 0.25) is 0 Å². The van der Waals surface area contributed by atoms with Gasteiger partial charge in [-0.3, -0.25) is 9.48 Å². The number of anilines is 1. The van der Waals surface area contributed by atoms with Crippen molar-refractivity contribution in [3.8, 4) is 0 Å². The Morgan fingerprint density at radius 2 is 2.15 bits per heavy atom. The molecule has 6 heteroatoms. The van der Waals surface area contributed by atoms with Crippen LogP contribution in [0.15, 0.2) is 36.7 Å². The minimum absolute atomic E-state index is 0.354. The smallest absolute Gasteiger partial charge is 0.244 e. The quantitative estimate of drug-likeness (QED) is 0.848. The summed E-state index contributed by atoms with van der Waals surface area (Å²) in [7, 11) is 0. The molecule has 1 aromatic carbocycles. The zero-order valence-electron chi connectivity index (χ0n) is 11.2. The maximum Gasteiger partial charge on any atom is 0.244 e. The van der Waals surface area contributed by atoms with Crippen LogP contribution in [0.25, 0.3) is 0 Å². The Kier molecular flexibility index (Phi) is 4.34. The number of carbonyl (C=O) groups excluding carboxylic acids is 1. The van der Waals surface area contributed by atoms with E-state index in [0.29, 0.717) is 11.3 Å². The summed E-state index contributed by atoms with van der Waals surface area (Å²) in [6.07, 6.45) is 4.41. The number of aromatic nitrogens is 2. The van der Waals surface area contributed by atoms with Crippen molar-refractivity contribution < 1.29 is 9.18 Å². The van der Waals surface area contributed by atoms with Gasteiger partial charge in [-0.05, 0) is 24.1 Å². The van der Waals surface area contributed by atoms with Gasteiger partial charge in [-0.2, -0.15) is 5.10 Å². The largest absolute Gasteiger partial charge is 0.368 e. The standard InChI is InChI=1S/C14H17FN4O/c1-2-7-19-9-12(8-17-19)18-13(14(16)20)10-3-5-11(15)6-4-10/h3-6,8-9,13,18H,2,7H2,1H3,(H2,16,20)/t13-/m1/s1. The molecule has 0 unspecified atom stereocenters. The number of hydrogen-bond donors (Lipinski definition) is 2. The third kappa shape index (κ3) is 3.34. The van der Waals surface area contributed by atoms with E-state index in [1.54, 1.807) is 10.9 Å². The summed E-state index contributed by atoms with van der Waals surface area (Å²) in [6, 6.07) is 4.96. The summed E-state index contributed by atoms with van der Waals surface area (Å²) in [4.78, 5) is 11.6. The molecule has 0 aliphatic rings. The maximum absolute atomic E-state index is 12.9. The Bertz CT molecular complexity index is 579. The lowest BCUT2D eigenvalue weighted by molar-refractivity contribution is -0.118. The molecule has 0 aliphatic heterocycles. The molecule has 1 amide bonds. The second-order valence-corrected chi connectivity index (χ2v) is 4.52. The molecular weight excluding hydrogens is 259 g/mol. The van der Waals surface area contributed by atoms with E-state index < -0.39 is 11.9 Å². The van der Waals surface area contributed by atoms with E-state index in [0.717, 1.165) is 13.0 Å². The van der Waals surface area contributed by atoms with E-state index in [4.69, 9.17) is 5.73 Å². The predicted molar refractivity (Wildman–Crippen MR) is 74.5 cm³/mol. The molecule has 3 N–H and O–H groups in total.